The van der Waals surface area contributed by atoms with Gasteiger partial charge in [-0.05, 0) is 50.7 Å². The Bertz CT molecular complexity index is 675. The number of esters is 1. The molecule has 0 N–H and O–H groups in total. The lowest BCUT2D eigenvalue weighted by Crippen LogP contribution is -2.25. The molecule has 2 rings (SSSR count). The second-order valence-electron chi connectivity index (χ2n) is 5.53. The summed E-state index contributed by atoms with van der Waals surface area (Å²) in [6.45, 7) is 10.3. The van der Waals surface area contributed by atoms with Gasteiger partial charge in [-0.25, -0.2) is 4.79 Å². The van der Waals surface area contributed by atoms with Crippen LogP contribution in [-0.2, 0) is 4.74 Å². The summed E-state index contributed by atoms with van der Waals surface area (Å²) >= 11 is 0. The topological polar surface area (TPSA) is 51.7 Å². The number of ether oxygens (including phenoxy) is 2. The van der Waals surface area contributed by atoms with Crippen molar-refractivity contribution in [1.82, 2.24) is 9.88 Å². The van der Waals surface area contributed by atoms with Crippen LogP contribution < -0.4 is 4.74 Å². The van der Waals surface area contributed by atoms with Gasteiger partial charge in [0, 0.05) is 18.1 Å². The fraction of sp³-hybridized carbons (Fsp3) is 0.474. The normalized spacial score (nSPS) is 10.6. The molecule has 1 heterocycles. The molecule has 2 aromatic rings. The van der Waals surface area contributed by atoms with Gasteiger partial charge in [0.1, 0.15) is 5.75 Å². The molecule has 0 aliphatic carbocycles. The third-order valence-corrected chi connectivity index (χ3v) is 3.95. The van der Waals surface area contributed by atoms with Crippen molar-refractivity contribution >= 4 is 29.3 Å². The predicted molar refractivity (Wildman–Crippen MR) is 103 cm³/mol. The Labute approximate surface area is 155 Å². The molecule has 1 aromatic carbocycles. The number of pyridine rings is 1. The van der Waals surface area contributed by atoms with Crippen molar-refractivity contribution in [3.63, 3.8) is 0 Å². The monoisotopic (exact) mass is 366 g/mol. The predicted octanol–water partition coefficient (Wildman–Crippen LogP) is 3.94. The van der Waals surface area contributed by atoms with Crippen LogP contribution in [0.25, 0.3) is 10.9 Å². The van der Waals surface area contributed by atoms with Crippen LogP contribution in [0, 0.1) is 0 Å². The highest BCUT2D eigenvalue weighted by molar-refractivity contribution is 5.93. The van der Waals surface area contributed by atoms with E-state index >= 15 is 0 Å². The van der Waals surface area contributed by atoms with E-state index in [1.54, 1.807) is 19.2 Å². The standard InChI is InChI=1S/C19H26N2O3.ClH/c1-4-21(5-2)10-7-11-24-17-8-9-18-15(13-17)12-16(14-20-18)19(22)23-6-3;/h8-9,12-14H,4-7,10-11H2,1-3H3;1H. The first-order chi connectivity index (χ1) is 11.7. The third kappa shape index (κ3) is 6.18. The average molecular weight is 367 g/mol. The summed E-state index contributed by atoms with van der Waals surface area (Å²) in [4.78, 5) is 18.5. The highest BCUT2D eigenvalue weighted by Gasteiger charge is 2.08. The van der Waals surface area contributed by atoms with Crippen LogP contribution in [0.3, 0.4) is 0 Å². The first-order valence-electron chi connectivity index (χ1n) is 8.60. The van der Waals surface area contributed by atoms with Crippen molar-refractivity contribution in [2.75, 3.05) is 32.8 Å². The van der Waals surface area contributed by atoms with Gasteiger partial charge in [0.15, 0.2) is 0 Å². The van der Waals surface area contributed by atoms with Gasteiger partial charge < -0.3 is 14.4 Å². The van der Waals surface area contributed by atoms with Gasteiger partial charge in [0.2, 0.25) is 0 Å². The van der Waals surface area contributed by atoms with Crippen LogP contribution in [0.5, 0.6) is 5.75 Å². The minimum atomic E-state index is -0.350. The van der Waals surface area contributed by atoms with Crippen LogP contribution in [0.4, 0.5) is 0 Å². The van der Waals surface area contributed by atoms with E-state index in [0.29, 0.717) is 18.8 Å². The summed E-state index contributed by atoms with van der Waals surface area (Å²) in [7, 11) is 0. The molecule has 0 saturated heterocycles. The summed E-state index contributed by atoms with van der Waals surface area (Å²) in [5, 5.41) is 0.877. The van der Waals surface area contributed by atoms with Crippen LogP contribution >= 0.6 is 12.4 Å². The Morgan fingerprint density at radius 3 is 2.60 bits per heavy atom. The number of hydrogen-bond acceptors (Lipinski definition) is 5. The van der Waals surface area contributed by atoms with Crippen LogP contribution in [0.2, 0.25) is 0 Å². The highest BCUT2D eigenvalue weighted by Crippen LogP contribution is 2.21. The van der Waals surface area contributed by atoms with Gasteiger partial charge in [-0.2, -0.15) is 0 Å². The quantitative estimate of drug-likeness (QED) is 0.497. The smallest absolute Gasteiger partial charge is 0.339 e. The zero-order valence-electron chi connectivity index (χ0n) is 15.2. The molecule has 6 heteroatoms. The van der Waals surface area contributed by atoms with Gasteiger partial charge in [0.25, 0.3) is 0 Å². The molecule has 0 aliphatic heterocycles. The molecule has 0 atom stereocenters. The molecule has 0 aliphatic rings. The van der Waals surface area contributed by atoms with Crippen LogP contribution in [0.15, 0.2) is 30.5 Å². The maximum atomic E-state index is 11.8. The van der Waals surface area contributed by atoms with Crippen molar-refractivity contribution in [3.05, 3.63) is 36.0 Å². The van der Waals surface area contributed by atoms with E-state index in [9.17, 15) is 4.79 Å². The van der Waals surface area contributed by atoms with Gasteiger partial charge in [-0.15, -0.1) is 12.4 Å². The summed E-state index contributed by atoms with van der Waals surface area (Å²) in [6, 6.07) is 7.53. The zero-order chi connectivity index (χ0) is 17.4. The second-order valence-corrected chi connectivity index (χ2v) is 5.53. The summed E-state index contributed by atoms with van der Waals surface area (Å²) < 4.78 is 10.8. The van der Waals surface area contributed by atoms with E-state index in [4.69, 9.17) is 9.47 Å². The van der Waals surface area contributed by atoms with Gasteiger partial charge in [-0.1, -0.05) is 13.8 Å². The summed E-state index contributed by atoms with van der Waals surface area (Å²) in [6.07, 6.45) is 2.53. The second kappa shape index (κ2) is 10.9. The number of aromatic nitrogens is 1. The van der Waals surface area contributed by atoms with E-state index in [0.717, 1.165) is 42.7 Å². The Hall–Kier alpha value is -1.85. The molecule has 25 heavy (non-hydrogen) atoms. The van der Waals surface area contributed by atoms with Crippen molar-refractivity contribution < 1.29 is 14.3 Å². The average Bonchev–Trinajstić information content (AvgIpc) is 2.61. The lowest BCUT2D eigenvalue weighted by molar-refractivity contribution is 0.0526. The van der Waals surface area contributed by atoms with Gasteiger partial charge in [0.05, 0.1) is 24.3 Å². The lowest BCUT2D eigenvalue weighted by Gasteiger charge is -2.17. The van der Waals surface area contributed by atoms with E-state index in [1.165, 1.54) is 0 Å². The molecular weight excluding hydrogens is 340 g/mol. The molecule has 0 saturated carbocycles. The third-order valence-electron chi connectivity index (χ3n) is 3.95. The Morgan fingerprint density at radius 1 is 1.16 bits per heavy atom. The Kier molecular flexibility index (Phi) is 9.24. The summed E-state index contributed by atoms with van der Waals surface area (Å²) in [5.41, 5.74) is 1.29. The number of nitrogens with zero attached hydrogens (tertiary/aromatic N) is 2. The Morgan fingerprint density at radius 2 is 1.92 bits per heavy atom. The molecule has 0 fully saturated rings. The summed E-state index contributed by atoms with van der Waals surface area (Å²) in [5.74, 6) is 0.447. The maximum absolute atomic E-state index is 11.8. The number of benzene rings is 1. The van der Waals surface area contributed by atoms with Crippen molar-refractivity contribution in [2.45, 2.75) is 27.2 Å². The highest BCUT2D eigenvalue weighted by atomic mass is 35.5. The number of carbonyl (C=O) groups excluding carboxylic acids is 1. The fourth-order valence-corrected chi connectivity index (χ4v) is 2.54. The van der Waals surface area contributed by atoms with E-state index in [2.05, 4.69) is 23.7 Å². The van der Waals surface area contributed by atoms with E-state index in [-0.39, 0.29) is 18.4 Å². The first-order valence-corrected chi connectivity index (χ1v) is 8.60. The number of fused-ring (bicyclic) bond motifs is 1. The number of rotatable bonds is 9. The van der Waals surface area contributed by atoms with Crippen molar-refractivity contribution in [2.24, 2.45) is 0 Å². The van der Waals surface area contributed by atoms with Crippen LogP contribution in [0.1, 0.15) is 37.6 Å². The molecule has 0 bridgehead atoms. The fourth-order valence-electron chi connectivity index (χ4n) is 2.54. The first kappa shape index (κ1) is 21.2. The van der Waals surface area contributed by atoms with Crippen molar-refractivity contribution in [3.8, 4) is 5.75 Å². The van der Waals surface area contributed by atoms with E-state index < -0.39 is 0 Å². The molecule has 138 valence electrons. The molecule has 0 unspecified atom stereocenters. The molecule has 0 amide bonds. The van der Waals surface area contributed by atoms with E-state index in [1.807, 2.05) is 18.2 Å². The number of halogens is 1. The molecule has 1 aromatic heterocycles. The molecule has 0 radical (unpaired) electrons. The zero-order valence-corrected chi connectivity index (χ0v) is 16.0. The lowest BCUT2D eigenvalue weighted by atomic mass is 10.1. The van der Waals surface area contributed by atoms with Gasteiger partial charge >= 0.3 is 5.97 Å². The minimum Gasteiger partial charge on any atom is -0.494 e. The number of carbonyl (C=O) groups is 1. The minimum absolute atomic E-state index is 0. The Balaban J connectivity index is 0.00000312. The molecular formula is C19H27ClN2O3. The molecule has 0 spiro atoms. The maximum Gasteiger partial charge on any atom is 0.339 e. The number of hydrogen-bond donors (Lipinski definition) is 0. The molecule has 5 nitrogen and oxygen atoms in total. The SMILES string of the molecule is CCOC(=O)c1cnc2ccc(OCCCN(CC)CC)cc2c1.Cl. The van der Waals surface area contributed by atoms with Crippen LogP contribution in [-0.4, -0.2) is 48.7 Å². The van der Waals surface area contributed by atoms with Gasteiger partial charge in [-0.3, -0.25) is 4.98 Å². The largest absolute Gasteiger partial charge is 0.494 e. The van der Waals surface area contributed by atoms with Crippen molar-refractivity contribution in [1.29, 1.82) is 0 Å².